The van der Waals surface area contributed by atoms with Crippen LogP contribution in [-0.2, 0) is 6.42 Å². The molecule has 0 fully saturated rings. The van der Waals surface area contributed by atoms with E-state index in [-0.39, 0.29) is 5.78 Å². The summed E-state index contributed by atoms with van der Waals surface area (Å²) >= 11 is 0. The summed E-state index contributed by atoms with van der Waals surface area (Å²) < 4.78 is 0. The highest BCUT2D eigenvalue weighted by atomic mass is 16.1. The summed E-state index contributed by atoms with van der Waals surface area (Å²) in [4.78, 5) is 11.0. The molecule has 0 saturated heterocycles. The number of Topliss-reactive ketones (excluding diaryl/α,β-unsaturated/α-hetero) is 1. The van der Waals surface area contributed by atoms with Crippen LogP contribution in [0.1, 0.15) is 48.5 Å². The lowest BCUT2D eigenvalue weighted by molar-refractivity contribution is 0.101. The lowest BCUT2D eigenvalue weighted by atomic mass is 10.0. The van der Waals surface area contributed by atoms with Crippen LogP contribution in [0.3, 0.4) is 0 Å². The maximum atomic E-state index is 11.0. The number of aryl methyl sites for hydroxylation is 1. The molecular formula is C14H19O. The van der Waals surface area contributed by atoms with Crippen molar-refractivity contribution in [1.29, 1.82) is 0 Å². The van der Waals surface area contributed by atoms with E-state index in [1.807, 2.05) is 12.1 Å². The van der Waals surface area contributed by atoms with E-state index < -0.39 is 0 Å². The average Bonchev–Trinajstić information content (AvgIpc) is 2.25. The highest BCUT2D eigenvalue weighted by molar-refractivity contribution is 5.93. The van der Waals surface area contributed by atoms with Crippen molar-refractivity contribution in [2.45, 2.75) is 39.0 Å². The number of carbonyl (C=O) groups excluding carboxylic acids is 1. The summed E-state index contributed by atoms with van der Waals surface area (Å²) in [5, 5.41) is 0. The Morgan fingerprint density at radius 3 is 2.33 bits per heavy atom. The van der Waals surface area contributed by atoms with Crippen LogP contribution in [0.2, 0.25) is 0 Å². The van der Waals surface area contributed by atoms with Gasteiger partial charge in [0, 0.05) is 5.56 Å². The van der Waals surface area contributed by atoms with E-state index >= 15 is 0 Å². The molecule has 15 heavy (non-hydrogen) atoms. The van der Waals surface area contributed by atoms with Gasteiger partial charge in [-0.3, -0.25) is 4.79 Å². The van der Waals surface area contributed by atoms with Crippen molar-refractivity contribution in [3.63, 3.8) is 0 Å². The Balaban J connectivity index is 2.39. The van der Waals surface area contributed by atoms with Crippen molar-refractivity contribution in [3.8, 4) is 0 Å². The molecule has 0 amide bonds. The fraction of sp³-hybridized carbons (Fsp3) is 0.429. The number of rotatable bonds is 6. The monoisotopic (exact) mass is 203 g/mol. The van der Waals surface area contributed by atoms with Crippen LogP contribution >= 0.6 is 0 Å². The second-order valence-corrected chi connectivity index (χ2v) is 3.92. The van der Waals surface area contributed by atoms with Crippen molar-refractivity contribution in [2.75, 3.05) is 0 Å². The van der Waals surface area contributed by atoms with Gasteiger partial charge in [0.05, 0.1) is 0 Å². The van der Waals surface area contributed by atoms with E-state index in [1.165, 1.54) is 24.8 Å². The van der Waals surface area contributed by atoms with Gasteiger partial charge in [-0.1, -0.05) is 50.5 Å². The summed E-state index contributed by atoms with van der Waals surface area (Å²) in [5.41, 5.74) is 2.13. The average molecular weight is 203 g/mol. The van der Waals surface area contributed by atoms with Crippen molar-refractivity contribution >= 4 is 5.78 Å². The minimum absolute atomic E-state index is 0.138. The van der Waals surface area contributed by atoms with Gasteiger partial charge in [-0.25, -0.2) is 0 Å². The van der Waals surface area contributed by atoms with E-state index in [2.05, 4.69) is 19.1 Å². The zero-order chi connectivity index (χ0) is 11.1. The summed E-state index contributed by atoms with van der Waals surface area (Å²) in [6.07, 6.45) is 5.82. The molecule has 0 aliphatic carbocycles. The molecule has 0 heterocycles. The SMILES string of the molecule is [CH2]CCCCCc1ccc(C(C)=O)cc1. The van der Waals surface area contributed by atoms with Crippen LogP contribution in [0.25, 0.3) is 0 Å². The maximum absolute atomic E-state index is 11.0. The number of ketones is 1. The zero-order valence-corrected chi connectivity index (χ0v) is 9.46. The van der Waals surface area contributed by atoms with E-state index in [1.54, 1.807) is 6.92 Å². The fourth-order valence-corrected chi connectivity index (χ4v) is 1.59. The van der Waals surface area contributed by atoms with E-state index in [4.69, 9.17) is 0 Å². The Kier molecular flexibility index (Phi) is 5.09. The topological polar surface area (TPSA) is 17.1 Å². The smallest absolute Gasteiger partial charge is 0.159 e. The van der Waals surface area contributed by atoms with E-state index in [0.717, 1.165) is 18.4 Å². The van der Waals surface area contributed by atoms with Gasteiger partial charge in [-0.2, -0.15) is 0 Å². The van der Waals surface area contributed by atoms with E-state index in [9.17, 15) is 4.79 Å². The predicted octanol–water partition coefficient (Wildman–Crippen LogP) is 3.83. The molecule has 0 aliphatic heterocycles. The molecular weight excluding hydrogens is 184 g/mol. The number of hydrogen-bond acceptors (Lipinski definition) is 1. The molecule has 0 aromatic heterocycles. The van der Waals surface area contributed by atoms with Gasteiger partial charge in [0.25, 0.3) is 0 Å². The molecule has 0 saturated carbocycles. The van der Waals surface area contributed by atoms with Crippen molar-refractivity contribution in [3.05, 3.63) is 42.3 Å². The minimum Gasteiger partial charge on any atom is -0.295 e. The van der Waals surface area contributed by atoms with Gasteiger partial charge in [0.15, 0.2) is 5.78 Å². The van der Waals surface area contributed by atoms with Crippen LogP contribution in [0.15, 0.2) is 24.3 Å². The second-order valence-electron chi connectivity index (χ2n) is 3.92. The van der Waals surface area contributed by atoms with Crippen LogP contribution in [-0.4, -0.2) is 5.78 Å². The van der Waals surface area contributed by atoms with Crippen molar-refractivity contribution < 1.29 is 4.79 Å². The molecule has 0 spiro atoms. The first kappa shape index (κ1) is 12.0. The molecule has 0 bridgehead atoms. The van der Waals surface area contributed by atoms with Gasteiger partial charge in [-0.15, -0.1) is 0 Å². The molecule has 1 aromatic carbocycles. The Labute approximate surface area is 92.5 Å². The Hall–Kier alpha value is -1.11. The molecule has 1 heteroatoms. The van der Waals surface area contributed by atoms with E-state index in [0.29, 0.717) is 0 Å². The van der Waals surface area contributed by atoms with Crippen LogP contribution in [0.5, 0.6) is 0 Å². The molecule has 0 unspecified atom stereocenters. The second kappa shape index (κ2) is 6.39. The number of hydrogen-bond donors (Lipinski definition) is 0. The first-order valence-electron chi connectivity index (χ1n) is 5.63. The maximum Gasteiger partial charge on any atom is 0.159 e. The molecule has 1 aromatic rings. The Morgan fingerprint density at radius 1 is 1.13 bits per heavy atom. The number of carbonyl (C=O) groups is 1. The quantitative estimate of drug-likeness (QED) is 0.507. The van der Waals surface area contributed by atoms with Gasteiger partial charge < -0.3 is 0 Å². The summed E-state index contributed by atoms with van der Waals surface area (Å²) in [7, 11) is 0. The van der Waals surface area contributed by atoms with Crippen LogP contribution in [0.4, 0.5) is 0 Å². The normalized spacial score (nSPS) is 10.3. The standard InChI is InChI=1S/C14H19O/c1-3-4-5-6-7-13-8-10-14(11-9-13)12(2)15/h8-11H,1,3-7H2,2H3. The Morgan fingerprint density at radius 2 is 1.80 bits per heavy atom. The Bertz CT molecular complexity index is 298. The molecule has 1 radical (unpaired) electrons. The van der Waals surface area contributed by atoms with Gasteiger partial charge in [-0.05, 0) is 25.3 Å². The fourth-order valence-electron chi connectivity index (χ4n) is 1.59. The lowest BCUT2D eigenvalue weighted by Gasteiger charge is -2.02. The lowest BCUT2D eigenvalue weighted by Crippen LogP contribution is -1.92. The number of unbranched alkanes of at least 4 members (excludes halogenated alkanes) is 3. The third kappa shape index (κ3) is 4.28. The molecule has 1 nitrogen and oxygen atoms in total. The van der Waals surface area contributed by atoms with Gasteiger partial charge in [0.2, 0.25) is 0 Å². The highest BCUT2D eigenvalue weighted by Gasteiger charge is 1.98. The first-order chi connectivity index (χ1) is 7.24. The summed E-state index contributed by atoms with van der Waals surface area (Å²) in [6.45, 7) is 5.42. The van der Waals surface area contributed by atoms with Gasteiger partial charge in [0.1, 0.15) is 0 Å². The first-order valence-corrected chi connectivity index (χ1v) is 5.63. The predicted molar refractivity (Wildman–Crippen MR) is 64.0 cm³/mol. The van der Waals surface area contributed by atoms with Crippen molar-refractivity contribution in [1.82, 2.24) is 0 Å². The third-order valence-corrected chi connectivity index (χ3v) is 2.58. The third-order valence-electron chi connectivity index (χ3n) is 2.58. The van der Waals surface area contributed by atoms with Crippen molar-refractivity contribution in [2.24, 2.45) is 0 Å². The summed E-state index contributed by atoms with van der Waals surface area (Å²) in [6, 6.07) is 7.94. The number of benzene rings is 1. The molecule has 1 rings (SSSR count). The minimum atomic E-state index is 0.138. The summed E-state index contributed by atoms with van der Waals surface area (Å²) in [5.74, 6) is 0.138. The zero-order valence-electron chi connectivity index (χ0n) is 9.46. The molecule has 0 aliphatic rings. The highest BCUT2D eigenvalue weighted by Crippen LogP contribution is 2.09. The molecule has 0 N–H and O–H groups in total. The van der Waals surface area contributed by atoms with Gasteiger partial charge >= 0.3 is 0 Å². The molecule has 81 valence electrons. The molecule has 0 atom stereocenters. The van der Waals surface area contributed by atoms with Crippen LogP contribution in [0, 0.1) is 6.92 Å². The van der Waals surface area contributed by atoms with Crippen LogP contribution < -0.4 is 0 Å². The largest absolute Gasteiger partial charge is 0.295 e.